The van der Waals surface area contributed by atoms with Gasteiger partial charge < -0.3 is 25.3 Å². The van der Waals surface area contributed by atoms with E-state index in [0.29, 0.717) is 12.0 Å². The number of aromatic nitrogens is 2. The fourth-order valence-electron chi connectivity index (χ4n) is 1.57. The molecule has 0 aliphatic carbocycles. The highest BCUT2D eigenvalue weighted by atomic mass is 32.2. The monoisotopic (exact) mass is 329 g/mol. The van der Waals surface area contributed by atoms with Gasteiger partial charge in [-0.15, -0.1) is 11.8 Å². The number of thioether (sulfide) groups is 1. The van der Waals surface area contributed by atoms with Crippen LogP contribution in [0.4, 0.5) is 0 Å². The number of carbonyl (C=O) groups is 4. The number of aromatic amines is 1. The van der Waals surface area contributed by atoms with Crippen molar-refractivity contribution in [2.45, 2.75) is 29.9 Å². The van der Waals surface area contributed by atoms with Crippen molar-refractivity contribution < 1.29 is 29.4 Å². The molecule has 1 heterocycles. The largest absolute Gasteiger partial charge is 0.481 e. The number of aliphatic carboxylic acids is 2. The van der Waals surface area contributed by atoms with E-state index in [1.807, 2.05) is 0 Å². The van der Waals surface area contributed by atoms with Gasteiger partial charge in [-0.25, -0.2) is 4.98 Å². The summed E-state index contributed by atoms with van der Waals surface area (Å²) in [4.78, 5) is 50.6. The van der Waals surface area contributed by atoms with Crippen molar-refractivity contribution >= 4 is 35.9 Å². The molecule has 0 aromatic carbocycles. The maximum Gasteiger partial charge on any atom is 0.317 e. The van der Waals surface area contributed by atoms with Crippen LogP contribution in [0.25, 0.3) is 0 Å². The van der Waals surface area contributed by atoms with Crippen molar-refractivity contribution in [3.8, 4) is 0 Å². The third kappa shape index (κ3) is 6.39. The molecular formula is C12H15N3O6S. The summed E-state index contributed by atoms with van der Waals surface area (Å²) in [6.45, 7) is 0. The highest BCUT2D eigenvalue weighted by Crippen LogP contribution is 2.21. The van der Waals surface area contributed by atoms with Gasteiger partial charge in [0, 0.05) is 18.3 Å². The van der Waals surface area contributed by atoms with E-state index in [-0.39, 0.29) is 12.8 Å². The molecule has 0 saturated heterocycles. The molecule has 22 heavy (non-hydrogen) atoms. The van der Waals surface area contributed by atoms with Crippen LogP contribution in [0.5, 0.6) is 0 Å². The summed E-state index contributed by atoms with van der Waals surface area (Å²) in [5.41, 5.74) is 0.563. The molecule has 0 spiro atoms. The molecule has 0 bridgehead atoms. The molecule has 2 unspecified atom stereocenters. The average molecular weight is 329 g/mol. The number of carbonyl (C=O) groups excluding carboxylic acids is 2. The first-order valence-corrected chi connectivity index (χ1v) is 7.17. The van der Waals surface area contributed by atoms with Gasteiger partial charge in [-0.1, -0.05) is 0 Å². The first-order valence-electron chi connectivity index (χ1n) is 6.22. The summed E-state index contributed by atoms with van der Waals surface area (Å²) in [6.07, 6.45) is 2.68. The molecule has 0 radical (unpaired) electrons. The highest BCUT2D eigenvalue weighted by Gasteiger charge is 2.26. The molecular weight excluding hydrogens is 314 g/mol. The summed E-state index contributed by atoms with van der Waals surface area (Å²) in [5, 5.41) is 18.1. The Balaban J connectivity index is 2.62. The Labute approximate surface area is 129 Å². The fourth-order valence-corrected chi connectivity index (χ4v) is 2.71. The van der Waals surface area contributed by atoms with Gasteiger partial charge in [-0.2, -0.15) is 0 Å². The Bertz CT molecular complexity index is 533. The Kier molecular flexibility index (Phi) is 7.09. The smallest absolute Gasteiger partial charge is 0.317 e. The highest BCUT2D eigenvalue weighted by molar-refractivity contribution is 8.01. The van der Waals surface area contributed by atoms with Crippen molar-refractivity contribution in [1.29, 1.82) is 0 Å². The number of carboxylic acids is 2. The second-order valence-electron chi connectivity index (χ2n) is 4.27. The van der Waals surface area contributed by atoms with Crippen LogP contribution in [-0.4, -0.2) is 54.9 Å². The van der Waals surface area contributed by atoms with Gasteiger partial charge in [-0.3, -0.25) is 14.4 Å². The molecule has 0 aliphatic rings. The van der Waals surface area contributed by atoms with Crippen molar-refractivity contribution in [3.63, 3.8) is 0 Å². The van der Waals surface area contributed by atoms with Gasteiger partial charge in [0.25, 0.3) is 0 Å². The maximum atomic E-state index is 11.8. The number of nitrogens with zero attached hydrogens (tertiary/aromatic N) is 1. The zero-order valence-corrected chi connectivity index (χ0v) is 12.2. The lowest BCUT2D eigenvalue weighted by molar-refractivity contribution is -0.142. The van der Waals surface area contributed by atoms with Crippen molar-refractivity contribution in [2.75, 3.05) is 0 Å². The van der Waals surface area contributed by atoms with E-state index in [4.69, 9.17) is 10.2 Å². The first kappa shape index (κ1) is 17.7. The molecule has 1 amide bonds. The molecule has 0 aliphatic heterocycles. The normalized spacial score (nSPS) is 13.1. The van der Waals surface area contributed by atoms with Crippen LogP contribution >= 0.6 is 11.8 Å². The van der Waals surface area contributed by atoms with Crippen LogP contribution in [-0.2, 0) is 25.6 Å². The lowest BCUT2D eigenvalue weighted by atomic mass is 10.3. The number of nitrogens with one attached hydrogen (secondary N) is 2. The molecule has 2 atom stereocenters. The summed E-state index contributed by atoms with van der Waals surface area (Å²) >= 11 is 0.722. The summed E-state index contributed by atoms with van der Waals surface area (Å²) in [5.74, 6) is -3.01. The number of aldehydes is 1. The van der Waals surface area contributed by atoms with Gasteiger partial charge in [0.05, 0.1) is 24.5 Å². The van der Waals surface area contributed by atoms with Crippen LogP contribution in [0, 0.1) is 0 Å². The lowest BCUT2D eigenvalue weighted by Crippen LogP contribution is -2.37. The SMILES string of the molecule is O=CCC(NC(=O)Cc1cnc[nH]1)SC(CC(=O)O)C(=O)O. The molecule has 9 nitrogen and oxygen atoms in total. The number of hydrogen-bond donors (Lipinski definition) is 4. The number of imidazole rings is 1. The molecule has 1 aromatic rings. The Morgan fingerprint density at radius 2 is 2.14 bits per heavy atom. The van der Waals surface area contributed by atoms with Gasteiger partial charge in [0.1, 0.15) is 11.5 Å². The van der Waals surface area contributed by atoms with Gasteiger partial charge in [0.15, 0.2) is 0 Å². The molecule has 120 valence electrons. The van der Waals surface area contributed by atoms with E-state index in [1.54, 1.807) is 0 Å². The van der Waals surface area contributed by atoms with Crippen LogP contribution < -0.4 is 5.32 Å². The van der Waals surface area contributed by atoms with E-state index in [0.717, 1.165) is 11.8 Å². The standard InChI is InChI=1S/C12H15N3O6S/c16-2-1-10(22-8(12(20)21)4-11(18)19)15-9(17)3-7-5-13-6-14-7/h2,5-6,8,10H,1,3-4H2,(H,13,14)(H,15,17)(H,18,19)(H,20,21). The average Bonchev–Trinajstić information content (AvgIpc) is 2.90. The molecule has 0 fully saturated rings. The molecule has 1 aromatic heterocycles. The third-order valence-electron chi connectivity index (χ3n) is 2.50. The Morgan fingerprint density at radius 1 is 1.41 bits per heavy atom. The second-order valence-corrected chi connectivity index (χ2v) is 5.68. The van der Waals surface area contributed by atoms with E-state index in [9.17, 15) is 19.2 Å². The predicted molar refractivity (Wildman–Crippen MR) is 76.2 cm³/mol. The van der Waals surface area contributed by atoms with Gasteiger partial charge in [-0.05, 0) is 0 Å². The van der Waals surface area contributed by atoms with Crippen LogP contribution in [0.3, 0.4) is 0 Å². The summed E-state index contributed by atoms with van der Waals surface area (Å²) in [6, 6.07) is 0. The Hall–Kier alpha value is -2.36. The van der Waals surface area contributed by atoms with Crippen LogP contribution in [0.15, 0.2) is 12.5 Å². The second kappa shape index (κ2) is 8.82. The minimum absolute atomic E-state index is 0.00736. The van der Waals surface area contributed by atoms with Gasteiger partial charge in [0.2, 0.25) is 5.91 Å². The number of H-pyrrole nitrogens is 1. The summed E-state index contributed by atoms with van der Waals surface area (Å²) in [7, 11) is 0. The zero-order chi connectivity index (χ0) is 16.5. The number of rotatable bonds is 10. The van der Waals surface area contributed by atoms with E-state index in [2.05, 4.69) is 15.3 Å². The molecule has 10 heteroatoms. The predicted octanol–water partition coefficient (Wildman–Crippen LogP) is -0.355. The number of amides is 1. The molecule has 4 N–H and O–H groups in total. The number of carboxylic acid groups (broad SMARTS) is 2. The quantitative estimate of drug-likeness (QED) is 0.336. The molecule has 1 rings (SSSR count). The minimum Gasteiger partial charge on any atom is -0.481 e. The van der Waals surface area contributed by atoms with Crippen LogP contribution in [0.1, 0.15) is 18.5 Å². The van der Waals surface area contributed by atoms with Crippen molar-refractivity contribution in [3.05, 3.63) is 18.2 Å². The lowest BCUT2D eigenvalue weighted by Gasteiger charge is -2.19. The third-order valence-corrected chi connectivity index (χ3v) is 3.84. The number of hydrogen-bond acceptors (Lipinski definition) is 6. The van der Waals surface area contributed by atoms with E-state index < -0.39 is 34.9 Å². The Morgan fingerprint density at radius 3 is 2.64 bits per heavy atom. The van der Waals surface area contributed by atoms with Crippen molar-refractivity contribution in [2.24, 2.45) is 0 Å². The van der Waals surface area contributed by atoms with Gasteiger partial charge >= 0.3 is 11.9 Å². The fraction of sp³-hybridized carbons (Fsp3) is 0.417. The molecule has 0 saturated carbocycles. The van der Waals surface area contributed by atoms with Crippen LogP contribution in [0.2, 0.25) is 0 Å². The topological polar surface area (TPSA) is 149 Å². The summed E-state index contributed by atoms with van der Waals surface area (Å²) < 4.78 is 0. The minimum atomic E-state index is -1.31. The van der Waals surface area contributed by atoms with Crippen molar-refractivity contribution in [1.82, 2.24) is 15.3 Å². The zero-order valence-electron chi connectivity index (χ0n) is 11.4. The van der Waals surface area contributed by atoms with E-state index in [1.165, 1.54) is 12.5 Å². The maximum absolute atomic E-state index is 11.8. The first-order chi connectivity index (χ1) is 10.4. The van der Waals surface area contributed by atoms with E-state index >= 15 is 0 Å².